The lowest BCUT2D eigenvalue weighted by Crippen LogP contribution is -2.31. The zero-order valence-corrected chi connectivity index (χ0v) is 13.4. The molecule has 1 aromatic carbocycles. The van der Waals surface area contributed by atoms with Crippen molar-refractivity contribution in [2.75, 3.05) is 12.3 Å². The Morgan fingerprint density at radius 2 is 1.92 bits per heavy atom. The maximum absolute atomic E-state index is 5.75. The number of anilines is 1. The summed E-state index contributed by atoms with van der Waals surface area (Å²) < 4.78 is 0. The summed E-state index contributed by atoms with van der Waals surface area (Å²) in [7, 11) is 0. The molecule has 0 bridgehead atoms. The number of pyridine rings is 1. The summed E-state index contributed by atoms with van der Waals surface area (Å²) in [6, 6.07) is 13.7. The van der Waals surface area contributed by atoms with E-state index in [1.54, 1.807) is 0 Å². The van der Waals surface area contributed by atoms with Crippen molar-refractivity contribution < 1.29 is 0 Å². The average molecular weight is 317 g/mol. The van der Waals surface area contributed by atoms with Gasteiger partial charge in [0.25, 0.3) is 0 Å². The molecule has 0 aliphatic carbocycles. The maximum Gasteiger partial charge on any atom is 0.159 e. The van der Waals surface area contributed by atoms with Crippen LogP contribution in [0.5, 0.6) is 0 Å². The largest absolute Gasteiger partial charge is 0.399 e. The number of rotatable bonds is 3. The molecule has 120 valence electrons. The zero-order valence-electron chi connectivity index (χ0n) is 13.4. The van der Waals surface area contributed by atoms with Crippen LogP contribution in [0.25, 0.3) is 11.4 Å². The first kappa shape index (κ1) is 14.8. The van der Waals surface area contributed by atoms with E-state index in [1.165, 1.54) is 5.56 Å². The van der Waals surface area contributed by atoms with Crippen molar-refractivity contribution in [3.8, 4) is 11.4 Å². The third-order valence-corrected chi connectivity index (χ3v) is 4.31. The number of nitrogen functional groups attached to an aromatic ring is 1. The molecule has 0 fully saturated rings. The lowest BCUT2D eigenvalue weighted by Gasteiger charge is -2.27. The normalized spacial score (nSPS) is 14.3. The number of aromatic nitrogens is 3. The molecule has 1 aliphatic rings. The van der Waals surface area contributed by atoms with Crippen molar-refractivity contribution >= 4 is 5.69 Å². The minimum absolute atomic E-state index is 0.748. The van der Waals surface area contributed by atoms with Gasteiger partial charge in [-0.15, -0.1) is 0 Å². The van der Waals surface area contributed by atoms with Crippen LogP contribution in [-0.2, 0) is 19.5 Å². The van der Waals surface area contributed by atoms with Crippen molar-refractivity contribution in [2.45, 2.75) is 19.5 Å². The van der Waals surface area contributed by atoms with Gasteiger partial charge in [0.1, 0.15) is 0 Å². The summed E-state index contributed by atoms with van der Waals surface area (Å²) in [6.07, 6.45) is 4.78. The van der Waals surface area contributed by atoms with Gasteiger partial charge in [-0.2, -0.15) is 0 Å². The lowest BCUT2D eigenvalue weighted by atomic mass is 10.1. The van der Waals surface area contributed by atoms with Crippen molar-refractivity contribution in [1.29, 1.82) is 0 Å². The van der Waals surface area contributed by atoms with E-state index in [0.717, 1.165) is 54.5 Å². The van der Waals surface area contributed by atoms with Crippen LogP contribution in [0.4, 0.5) is 5.69 Å². The highest BCUT2D eigenvalue weighted by atomic mass is 15.1. The Labute approximate surface area is 141 Å². The van der Waals surface area contributed by atoms with Crippen LogP contribution in [-0.4, -0.2) is 26.4 Å². The Morgan fingerprint density at radius 1 is 1.04 bits per heavy atom. The Bertz CT molecular complexity index is 830. The fourth-order valence-corrected chi connectivity index (χ4v) is 2.98. The highest BCUT2D eigenvalue weighted by Gasteiger charge is 2.19. The van der Waals surface area contributed by atoms with Gasteiger partial charge in [-0.25, -0.2) is 9.97 Å². The average Bonchev–Trinajstić information content (AvgIpc) is 2.63. The molecule has 3 heterocycles. The Morgan fingerprint density at radius 3 is 2.71 bits per heavy atom. The summed E-state index contributed by atoms with van der Waals surface area (Å²) in [5.74, 6) is 0.758. The van der Waals surface area contributed by atoms with E-state index in [4.69, 9.17) is 10.7 Å². The molecule has 0 saturated heterocycles. The molecule has 2 aromatic heterocycles. The number of hydrogen-bond acceptors (Lipinski definition) is 5. The molecular formula is C19H19N5. The first-order valence-corrected chi connectivity index (χ1v) is 8.11. The summed E-state index contributed by atoms with van der Waals surface area (Å²) in [5, 5.41) is 0. The third kappa shape index (κ3) is 3.12. The van der Waals surface area contributed by atoms with Crippen LogP contribution in [0.3, 0.4) is 0 Å². The van der Waals surface area contributed by atoms with Gasteiger partial charge < -0.3 is 5.73 Å². The second-order valence-corrected chi connectivity index (χ2v) is 6.07. The van der Waals surface area contributed by atoms with Gasteiger partial charge in [-0.3, -0.25) is 9.88 Å². The Hall–Kier alpha value is -2.79. The van der Waals surface area contributed by atoms with E-state index in [1.807, 2.05) is 48.8 Å². The van der Waals surface area contributed by atoms with Gasteiger partial charge >= 0.3 is 0 Å². The van der Waals surface area contributed by atoms with E-state index in [2.05, 4.69) is 20.9 Å². The molecule has 5 heteroatoms. The topological polar surface area (TPSA) is 67.9 Å². The third-order valence-electron chi connectivity index (χ3n) is 4.31. The van der Waals surface area contributed by atoms with Crippen LogP contribution < -0.4 is 5.73 Å². The van der Waals surface area contributed by atoms with Crippen molar-refractivity contribution in [3.63, 3.8) is 0 Å². The number of nitrogens with zero attached hydrogens (tertiary/aromatic N) is 4. The van der Waals surface area contributed by atoms with Crippen molar-refractivity contribution in [1.82, 2.24) is 19.9 Å². The van der Waals surface area contributed by atoms with Gasteiger partial charge in [0.15, 0.2) is 5.82 Å². The van der Waals surface area contributed by atoms with E-state index in [-0.39, 0.29) is 0 Å². The predicted octanol–water partition coefficient (Wildman–Crippen LogP) is 2.68. The minimum Gasteiger partial charge on any atom is -0.399 e. The molecule has 3 aromatic rings. The van der Waals surface area contributed by atoms with Gasteiger partial charge in [0.2, 0.25) is 0 Å². The summed E-state index contributed by atoms with van der Waals surface area (Å²) in [6.45, 7) is 2.69. The molecule has 24 heavy (non-hydrogen) atoms. The molecule has 4 rings (SSSR count). The Balaban J connectivity index is 1.56. The predicted molar refractivity (Wildman–Crippen MR) is 93.9 cm³/mol. The van der Waals surface area contributed by atoms with Crippen LogP contribution >= 0.6 is 0 Å². The molecule has 0 saturated carbocycles. The second-order valence-electron chi connectivity index (χ2n) is 6.07. The molecule has 2 N–H and O–H groups in total. The van der Waals surface area contributed by atoms with Crippen molar-refractivity contribution in [3.05, 3.63) is 71.8 Å². The molecule has 0 radical (unpaired) electrons. The van der Waals surface area contributed by atoms with Gasteiger partial charge in [0.05, 0.1) is 11.4 Å². The molecule has 1 aliphatic heterocycles. The SMILES string of the molecule is Nc1ccc(-c2ncc3c(n2)CN(Cc2ccccn2)CC3)cc1. The minimum atomic E-state index is 0.748. The Kier molecular flexibility index (Phi) is 3.92. The van der Waals surface area contributed by atoms with Crippen LogP contribution in [0.15, 0.2) is 54.9 Å². The number of nitrogens with two attached hydrogens (primary N) is 1. The molecule has 0 atom stereocenters. The monoisotopic (exact) mass is 317 g/mol. The maximum atomic E-state index is 5.75. The van der Waals surface area contributed by atoms with Crippen LogP contribution in [0.1, 0.15) is 17.0 Å². The summed E-state index contributed by atoms with van der Waals surface area (Å²) >= 11 is 0. The number of hydrogen-bond donors (Lipinski definition) is 1. The highest BCUT2D eigenvalue weighted by molar-refractivity contribution is 5.58. The second kappa shape index (κ2) is 6.37. The fraction of sp³-hybridized carbons (Fsp3) is 0.211. The first-order chi connectivity index (χ1) is 11.8. The standard InChI is InChI=1S/C19H19N5/c20-16-6-4-14(5-7-16)19-22-11-15-8-10-24(13-18(15)23-19)12-17-3-1-2-9-21-17/h1-7,9,11H,8,10,12-13,20H2. The fourth-order valence-electron chi connectivity index (χ4n) is 2.98. The van der Waals surface area contributed by atoms with Crippen LogP contribution in [0, 0.1) is 0 Å². The molecule has 0 spiro atoms. The molecule has 0 unspecified atom stereocenters. The summed E-state index contributed by atoms with van der Waals surface area (Å²) in [4.78, 5) is 16.1. The zero-order chi connectivity index (χ0) is 16.4. The van der Waals surface area contributed by atoms with E-state index < -0.39 is 0 Å². The molecule has 0 amide bonds. The van der Waals surface area contributed by atoms with Gasteiger partial charge in [-0.1, -0.05) is 6.07 Å². The van der Waals surface area contributed by atoms with E-state index in [9.17, 15) is 0 Å². The van der Waals surface area contributed by atoms with Gasteiger partial charge in [-0.05, 0) is 48.4 Å². The lowest BCUT2D eigenvalue weighted by molar-refractivity contribution is 0.238. The number of benzene rings is 1. The highest BCUT2D eigenvalue weighted by Crippen LogP contribution is 2.22. The van der Waals surface area contributed by atoms with Crippen LogP contribution in [0.2, 0.25) is 0 Å². The van der Waals surface area contributed by atoms with Gasteiger partial charge in [0, 0.05) is 43.3 Å². The molecule has 5 nitrogen and oxygen atoms in total. The first-order valence-electron chi connectivity index (χ1n) is 8.11. The number of fused-ring (bicyclic) bond motifs is 1. The van der Waals surface area contributed by atoms with E-state index in [0.29, 0.717) is 0 Å². The summed E-state index contributed by atoms with van der Waals surface area (Å²) in [5.41, 5.74) is 10.9. The van der Waals surface area contributed by atoms with Crippen molar-refractivity contribution in [2.24, 2.45) is 0 Å². The quantitative estimate of drug-likeness (QED) is 0.752. The smallest absolute Gasteiger partial charge is 0.159 e. The van der Waals surface area contributed by atoms with E-state index >= 15 is 0 Å². The molecular weight excluding hydrogens is 298 g/mol.